The lowest BCUT2D eigenvalue weighted by Gasteiger charge is -2.39. The molecule has 8 heteroatoms. The molecule has 0 aliphatic heterocycles. The molecule has 3 rings (SSSR count). The van der Waals surface area contributed by atoms with Crippen LogP contribution in [0, 0.1) is 22.7 Å². The number of aromatic nitrogens is 2. The highest BCUT2D eigenvalue weighted by Gasteiger charge is 2.35. The van der Waals surface area contributed by atoms with Crippen molar-refractivity contribution in [3.8, 4) is 11.8 Å². The van der Waals surface area contributed by atoms with E-state index in [-0.39, 0.29) is 11.5 Å². The van der Waals surface area contributed by atoms with Crippen LogP contribution in [-0.4, -0.2) is 40.8 Å². The van der Waals surface area contributed by atoms with Gasteiger partial charge in [0.25, 0.3) is 6.43 Å². The first kappa shape index (κ1) is 23.9. The number of hydrogen-bond acceptors (Lipinski definition) is 6. The van der Waals surface area contributed by atoms with Gasteiger partial charge >= 0.3 is 0 Å². The number of aliphatic hydroxyl groups is 1. The monoisotopic (exact) mass is 444 g/mol. The fraction of sp³-hybridized carbons (Fsp3) is 0.542. The van der Waals surface area contributed by atoms with Crippen LogP contribution in [0.4, 0.5) is 14.7 Å². The summed E-state index contributed by atoms with van der Waals surface area (Å²) < 4.78 is 29.7. The lowest BCUT2D eigenvalue weighted by Crippen LogP contribution is -2.37. The third kappa shape index (κ3) is 6.60. The van der Waals surface area contributed by atoms with Crippen molar-refractivity contribution in [3.63, 3.8) is 0 Å². The highest BCUT2D eigenvalue weighted by atomic mass is 19.3. The maximum atomic E-state index is 12.3. The van der Waals surface area contributed by atoms with Gasteiger partial charge in [-0.25, -0.2) is 18.7 Å². The van der Waals surface area contributed by atoms with Crippen LogP contribution in [0.2, 0.25) is 0 Å². The molecule has 0 amide bonds. The Morgan fingerprint density at radius 1 is 1.34 bits per heavy atom. The SMILES string of the molecule is CC1(C)C[C@H](Cc2nc(NCCc3cccc(OCC(F)F)c3)ncc2C#N)CC[C@@H]1O. The van der Waals surface area contributed by atoms with Gasteiger partial charge in [-0.15, -0.1) is 0 Å². The van der Waals surface area contributed by atoms with Gasteiger partial charge in [-0.1, -0.05) is 26.0 Å². The van der Waals surface area contributed by atoms with Crippen molar-refractivity contribution in [2.24, 2.45) is 11.3 Å². The minimum atomic E-state index is -2.51. The Balaban J connectivity index is 1.59. The highest BCUT2D eigenvalue weighted by Crippen LogP contribution is 2.40. The lowest BCUT2D eigenvalue weighted by atomic mass is 9.69. The zero-order valence-electron chi connectivity index (χ0n) is 18.5. The zero-order valence-corrected chi connectivity index (χ0v) is 18.5. The quantitative estimate of drug-likeness (QED) is 0.597. The summed E-state index contributed by atoms with van der Waals surface area (Å²) in [6, 6.07) is 9.26. The number of halogens is 2. The first-order valence-corrected chi connectivity index (χ1v) is 10.9. The Bertz CT molecular complexity index is 946. The van der Waals surface area contributed by atoms with Crippen LogP contribution in [0.15, 0.2) is 30.5 Å². The number of nitriles is 1. The summed E-state index contributed by atoms with van der Waals surface area (Å²) in [4.78, 5) is 8.84. The molecule has 32 heavy (non-hydrogen) atoms. The molecular formula is C24H30F2N4O2. The number of nitrogens with zero attached hydrogens (tertiary/aromatic N) is 3. The van der Waals surface area contributed by atoms with E-state index in [9.17, 15) is 19.1 Å². The Morgan fingerprint density at radius 3 is 2.88 bits per heavy atom. The van der Waals surface area contributed by atoms with Gasteiger partial charge in [0.05, 0.1) is 23.6 Å². The summed E-state index contributed by atoms with van der Waals surface area (Å²) in [5.74, 6) is 1.23. The van der Waals surface area contributed by atoms with Crippen LogP contribution in [0.3, 0.4) is 0 Å². The highest BCUT2D eigenvalue weighted by molar-refractivity contribution is 5.37. The second-order valence-electron chi connectivity index (χ2n) is 9.05. The number of benzene rings is 1. The van der Waals surface area contributed by atoms with Crippen molar-refractivity contribution in [3.05, 3.63) is 47.3 Å². The predicted molar refractivity (Wildman–Crippen MR) is 118 cm³/mol. The van der Waals surface area contributed by atoms with E-state index in [4.69, 9.17) is 4.74 Å². The fourth-order valence-corrected chi connectivity index (χ4v) is 4.23. The van der Waals surface area contributed by atoms with Gasteiger partial charge in [-0.2, -0.15) is 5.26 Å². The second-order valence-corrected chi connectivity index (χ2v) is 9.05. The summed E-state index contributed by atoms with van der Waals surface area (Å²) in [5, 5.41) is 22.8. The van der Waals surface area contributed by atoms with Crippen molar-refractivity contribution in [2.75, 3.05) is 18.5 Å². The maximum Gasteiger partial charge on any atom is 0.272 e. The van der Waals surface area contributed by atoms with Crippen molar-refractivity contribution >= 4 is 5.95 Å². The Hall–Kier alpha value is -2.79. The van der Waals surface area contributed by atoms with E-state index in [0.717, 1.165) is 30.5 Å². The summed E-state index contributed by atoms with van der Waals surface area (Å²) in [5.41, 5.74) is 2.01. The smallest absolute Gasteiger partial charge is 0.272 e. The van der Waals surface area contributed by atoms with Gasteiger partial charge in [0, 0.05) is 6.54 Å². The minimum Gasteiger partial charge on any atom is -0.488 e. The lowest BCUT2D eigenvalue weighted by molar-refractivity contribution is -0.00748. The summed E-state index contributed by atoms with van der Waals surface area (Å²) in [6.45, 7) is 4.08. The topological polar surface area (TPSA) is 91.1 Å². The van der Waals surface area contributed by atoms with E-state index < -0.39 is 13.0 Å². The van der Waals surface area contributed by atoms with Gasteiger partial charge < -0.3 is 15.2 Å². The number of nitrogens with one attached hydrogen (secondary N) is 1. The molecule has 2 N–H and O–H groups in total. The van der Waals surface area contributed by atoms with Crippen LogP contribution in [-0.2, 0) is 12.8 Å². The molecular weight excluding hydrogens is 414 g/mol. The van der Waals surface area contributed by atoms with Crippen molar-refractivity contribution in [1.29, 1.82) is 5.26 Å². The molecule has 0 spiro atoms. The normalized spacial score (nSPS) is 20.0. The largest absolute Gasteiger partial charge is 0.488 e. The van der Waals surface area contributed by atoms with Crippen LogP contribution in [0.25, 0.3) is 0 Å². The molecule has 1 aliphatic rings. The number of hydrogen-bond donors (Lipinski definition) is 2. The van der Waals surface area contributed by atoms with Gasteiger partial charge in [-0.3, -0.25) is 0 Å². The molecule has 0 radical (unpaired) electrons. The number of anilines is 1. The van der Waals surface area contributed by atoms with E-state index in [1.807, 2.05) is 6.07 Å². The van der Waals surface area contributed by atoms with Crippen LogP contribution in [0.1, 0.15) is 49.9 Å². The molecule has 1 fully saturated rings. The number of alkyl halides is 2. The number of rotatable bonds is 9. The minimum absolute atomic E-state index is 0.141. The molecule has 2 aromatic rings. The van der Waals surface area contributed by atoms with Crippen molar-refractivity contribution in [2.45, 2.75) is 58.5 Å². The summed E-state index contributed by atoms with van der Waals surface area (Å²) >= 11 is 0. The van der Waals surface area contributed by atoms with Crippen LogP contribution < -0.4 is 10.1 Å². The molecule has 1 aromatic carbocycles. The van der Waals surface area contributed by atoms with E-state index in [1.165, 1.54) is 0 Å². The van der Waals surface area contributed by atoms with Crippen LogP contribution in [0.5, 0.6) is 5.75 Å². The Labute approximate surface area is 187 Å². The van der Waals surface area contributed by atoms with Gasteiger partial charge in [-0.05, 0) is 61.1 Å². The third-order valence-electron chi connectivity index (χ3n) is 6.01. The average Bonchev–Trinajstić information content (AvgIpc) is 2.75. The second kappa shape index (κ2) is 10.7. The molecule has 0 unspecified atom stereocenters. The van der Waals surface area contributed by atoms with Crippen molar-refractivity contribution < 1.29 is 18.6 Å². The summed E-state index contributed by atoms with van der Waals surface area (Å²) in [6.07, 6.45) is 2.62. The molecule has 1 saturated carbocycles. The van der Waals surface area contributed by atoms with Gasteiger partial charge in [0.1, 0.15) is 18.4 Å². The molecule has 6 nitrogen and oxygen atoms in total. The van der Waals surface area contributed by atoms with Crippen LogP contribution >= 0.6 is 0 Å². The van der Waals surface area contributed by atoms with Gasteiger partial charge in [0.15, 0.2) is 0 Å². The number of ether oxygens (including phenoxy) is 1. The van der Waals surface area contributed by atoms with Gasteiger partial charge in [0.2, 0.25) is 5.95 Å². The first-order chi connectivity index (χ1) is 15.3. The zero-order chi connectivity index (χ0) is 23.1. The molecule has 172 valence electrons. The summed E-state index contributed by atoms with van der Waals surface area (Å²) in [7, 11) is 0. The first-order valence-electron chi connectivity index (χ1n) is 10.9. The van der Waals surface area contributed by atoms with Crippen molar-refractivity contribution in [1.82, 2.24) is 9.97 Å². The Kier molecular flexibility index (Phi) is 7.97. The third-order valence-corrected chi connectivity index (χ3v) is 6.01. The molecule has 1 heterocycles. The maximum absolute atomic E-state index is 12.3. The van der Waals surface area contributed by atoms with E-state index in [1.54, 1.807) is 24.4 Å². The predicted octanol–water partition coefficient (Wildman–Crippen LogP) is 4.38. The standard InChI is InChI=1S/C24H30F2N4O2/c1-24(2)12-17(6-7-21(24)31)11-20-18(13-27)14-29-23(30-20)28-9-8-16-4-3-5-19(10-16)32-15-22(25)26/h3-5,10,14,17,21-22,31H,6-9,11-12,15H2,1-2H3,(H,28,29,30)/t17-,21-/m0/s1. The molecule has 0 saturated heterocycles. The van der Waals surface area contributed by atoms with E-state index >= 15 is 0 Å². The molecule has 0 bridgehead atoms. The Morgan fingerprint density at radius 2 is 2.16 bits per heavy atom. The molecule has 1 aliphatic carbocycles. The fourth-order valence-electron chi connectivity index (χ4n) is 4.23. The molecule has 2 atom stereocenters. The molecule has 1 aromatic heterocycles. The van der Waals surface area contributed by atoms with E-state index in [2.05, 4.69) is 35.2 Å². The average molecular weight is 445 g/mol. The number of aliphatic hydroxyl groups excluding tert-OH is 1. The van der Waals surface area contributed by atoms with E-state index in [0.29, 0.717) is 42.6 Å².